The van der Waals surface area contributed by atoms with Crippen LogP contribution in [0.25, 0.3) is 10.9 Å². The number of rotatable bonds is 1. The highest BCUT2D eigenvalue weighted by molar-refractivity contribution is 5.87. The topological polar surface area (TPSA) is 12.9 Å². The van der Waals surface area contributed by atoms with Crippen LogP contribution in [0.1, 0.15) is 88.6 Å². The van der Waals surface area contributed by atoms with E-state index in [4.69, 9.17) is 4.98 Å². The normalized spacial score (nSPS) is 19.0. The van der Waals surface area contributed by atoms with Crippen molar-refractivity contribution >= 4 is 10.9 Å². The van der Waals surface area contributed by atoms with E-state index in [-0.39, 0.29) is 5.41 Å². The first kappa shape index (κ1) is 17.5. The molecule has 0 radical (unpaired) electrons. The summed E-state index contributed by atoms with van der Waals surface area (Å²) in [5.74, 6) is 0.663. The Bertz CT molecular complexity index is 752. The van der Waals surface area contributed by atoms with E-state index in [1.54, 1.807) is 0 Å². The molecule has 1 heterocycles. The van der Waals surface area contributed by atoms with Gasteiger partial charge in [-0.1, -0.05) is 46.8 Å². The molecule has 1 saturated carbocycles. The molecule has 1 nitrogen and oxygen atoms in total. The van der Waals surface area contributed by atoms with Gasteiger partial charge in [-0.2, -0.15) is 0 Å². The van der Waals surface area contributed by atoms with Gasteiger partial charge in [0, 0.05) is 11.1 Å². The van der Waals surface area contributed by atoms with E-state index in [1.807, 2.05) is 0 Å². The van der Waals surface area contributed by atoms with Gasteiger partial charge in [0.2, 0.25) is 0 Å². The van der Waals surface area contributed by atoms with Gasteiger partial charge in [-0.15, -0.1) is 0 Å². The zero-order valence-corrected chi connectivity index (χ0v) is 16.6. The fraction of sp³-hybridized carbons (Fsp3) is 0.609. The number of nitrogens with zero attached hydrogens (tertiary/aromatic N) is 1. The molecule has 0 spiro atoms. The van der Waals surface area contributed by atoms with Crippen molar-refractivity contribution in [1.29, 1.82) is 0 Å². The number of fused-ring (bicyclic) bond motifs is 1. The minimum absolute atomic E-state index is 0.172. The summed E-state index contributed by atoms with van der Waals surface area (Å²) >= 11 is 0. The van der Waals surface area contributed by atoms with Crippen molar-refractivity contribution in [2.75, 3.05) is 0 Å². The monoisotopic (exact) mass is 323 g/mol. The average molecular weight is 324 g/mol. The lowest BCUT2D eigenvalue weighted by molar-refractivity contribution is 0.225. The van der Waals surface area contributed by atoms with Crippen LogP contribution in [0.15, 0.2) is 18.2 Å². The van der Waals surface area contributed by atoms with Gasteiger partial charge in [-0.25, -0.2) is 0 Å². The van der Waals surface area contributed by atoms with Crippen molar-refractivity contribution in [2.45, 2.75) is 85.5 Å². The predicted molar refractivity (Wildman–Crippen MR) is 105 cm³/mol. The lowest BCUT2D eigenvalue weighted by Gasteiger charge is -2.35. The van der Waals surface area contributed by atoms with Crippen LogP contribution in [-0.2, 0) is 5.41 Å². The molecule has 1 aliphatic carbocycles. The summed E-state index contributed by atoms with van der Waals surface area (Å²) in [4.78, 5) is 4.97. The summed E-state index contributed by atoms with van der Waals surface area (Å²) in [6.07, 6.45) is 5.24. The molecule has 24 heavy (non-hydrogen) atoms. The Morgan fingerprint density at radius 2 is 1.67 bits per heavy atom. The molecule has 0 aliphatic heterocycles. The average Bonchev–Trinajstić information content (AvgIpc) is 2.47. The Balaban J connectivity index is 2.18. The number of hydrogen-bond donors (Lipinski definition) is 0. The van der Waals surface area contributed by atoms with Crippen LogP contribution < -0.4 is 0 Å². The van der Waals surface area contributed by atoms with Crippen LogP contribution in [0.2, 0.25) is 0 Å². The summed E-state index contributed by atoms with van der Waals surface area (Å²) in [6, 6.07) is 6.95. The molecule has 0 bridgehead atoms. The van der Waals surface area contributed by atoms with E-state index < -0.39 is 0 Å². The van der Waals surface area contributed by atoms with Crippen molar-refractivity contribution in [3.8, 4) is 0 Å². The SMILES string of the molecule is Cc1ccc2c(C)c(C(C)(C)C)cc(C3CCC(C)(C)CC3)c2n1. The maximum absolute atomic E-state index is 4.97. The van der Waals surface area contributed by atoms with Crippen LogP contribution in [0.4, 0.5) is 0 Å². The lowest BCUT2D eigenvalue weighted by Crippen LogP contribution is -2.21. The molecule has 0 saturated heterocycles. The molecular weight excluding hydrogens is 290 g/mol. The third-order valence-electron chi connectivity index (χ3n) is 6.00. The maximum atomic E-state index is 4.97. The number of hydrogen-bond acceptors (Lipinski definition) is 1. The van der Waals surface area contributed by atoms with E-state index in [9.17, 15) is 0 Å². The smallest absolute Gasteiger partial charge is 0.0742 e. The van der Waals surface area contributed by atoms with Crippen molar-refractivity contribution in [1.82, 2.24) is 4.98 Å². The minimum atomic E-state index is 0.172. The van der Waals surface area contributed by atoms with E-state index in [0.717, 1.165) is 5.69 Å². The van der Waals surface area contributed by atoms with Gasteiger partial charge in [0.25, 0.3) is 0 Å². The third kappa shape index (κ3) is 3.23. The number of aromatic nitrogens is 1. The first-order chi connectivity index (χ1) is 11.1. The van der Waals surface area contributed by atoms with Crippen LogP contribution >= 0.6 is 0 Å². The van der Waals surface area contributed by atoms with Crippen molar-refractivity contribution < 1.29 is 0 Å². The van der Waals surface area contributed by atoms with Crippen molar-refractivity contribution in [3.63, 3.8) is 0 Å². The molecule has 1 heteroatoms. The van der Waals surface area contributed by atoms with E-state index in [1.165, 1.54) is 53.3 Å². The summed E-state index contributed by atoms with van der Waals surface area (Å²) < 4.78 is 0. The van der Waals surface area contributed by atoms with Gasteiger partial charge in [-0.3, -0.25) is 4.98 Å². The molecule has 2 aromatic rings. The van der Waals surface area contributed by atoms with Crippen LogP contribution in [0, 0.1) is 19.3 Å². The molecule has 0 amide bonds. The summed E-state index contributed by atoms with van der Waals surface area (Å²) in [6.45, 7) is 16.2. The Labute approximate surface area is 147 Å². The fourth-order valence-electron chi connectivity index (χ4n) is 4.36. The summed E-state index contributed by atoms with van der Waals surface area (Å²) in [5.41, 5.74) is 7.46. The van der Waals surface area contributed by atoms with E-state index in [2.05, 4.69) is 66.7 Å². The summed E-state index contributed by atoms with van der Waals surface area (Å²) in [5, 5.41) is 1.35. The standard InChI is InChI=1S/C23H33N/c1-15-8-9-18-16(2)20(22(3,4)5)14-19(21(18)24-15)17-10-12-23(6,7)13-11-17/h8-9,14,17H,10-13H2,1-7H3. The second-order valence-corrected chi connectivity index (χ2v) is 9.68. The molecule has 3 rings (SSSR count). The minimum Gasteiger partial charge on any atom is -0.253 e. The highest BCUT2D eigenvalue weighted by Gasteiger charge is 2.30. The molecule has 130 valence electrons. The zero-order valence-electron chi connectivity index (χ0n) is 16.6. The number of aryl methyl sites for hydroxylation is 2. The predicted octanol–water partition coefficient (Wildman–Crippen LogP) is 6.83. The second kappa shape index (κ2) is 5.86. The quantitative estimate of drug-likeness (QED) is 0.560. The van der Waals surface area contributed by atoms with Gasteiger partial charge >= 0.3 is 0 Å². The molecule has 1 aliphatic rings. The Kier molecular flexibility index (Phi) is 4.26. The highest BCUT2D eigenvalue weighted by Crippen LogP contribution is 2.45. The van der Waals surface area contributed by atoms with Gasteiger partial charge in [0.15, 0.2) is 0 Å². The molecular formula is C23H33N. The summed E-state index contributed by atoms with van der Waals surface area (Å²) in [7, 11) is 0. The van der Waals surface area contributed by atoms with Gasteiger partial charge in [0.05, 0.1) is 5.52 Å². The maximum Gasteiger partial charge on any atom is 0.0742 e. The van der Waals surface area contributed by atoms with Gasteiger partial charge < -0.3 is 0 Å². The van der Waals surface area contributed by atoms with Gasteiger partial charge in [-0.05, 0) is 79.0 Å². The molecule has 1 aromatic carbocycles. The molecule has 0 N–H and O–H groups in total. The Hall–Kier alpha value is -1.37. The molecule has 0 atom stereocenters. The first-order valence-corrected chi connectivity index (χ1v) is 9.50. The second-order valence-electron chi connectivity index (χ2n) is 9.68. The number of benzene rings is 1. The molecule has 1 aromatic heterocycles. The van der Waals surface area contributed by atoms with Crippen molar-refractivity contribution in [2.24, 2.45) is 5.41 Å². The Morgan fingerprint density at radius 3 is 2.25 bits per heavy atom. The van der Waals surface area contributed by atoms with Gasteiger partial charge in [0.1, 0.15) is 0 Å². The van der Waals surface area contributed by atoms with Crippen LogP contribution in [-0.4, -0.2) is 4.98 Å². The molecule has 1 fully saturated rings. The van der Waals surface area contributed by atoms with Crippen molar-refractivity contribution in [3.05, 3.63) is 40.6 Å². The largest absolute Gasteiger partial charge is 0.253 e. The van der Waals surface area contributed by atoms with E-state index >= 15 is 0 Å². The van der Waals surface area contributed by atoms with E-state index in [0.29, 0.717) is 11.3 Å². The fourth-order valence-corrected chi connectivity index (χ4v) is 4.36. The van der Waals surface area contributed by atoms with Crippen LogP contribution in [0.3, 0.4) is 0 Å². The highest BCUT2D eigenvalue weighted by atomic mass is 14.7. The third-order valence-corrected chi connectivity index (χ3v) is 6.00. The molecule has 0 unspecified atom stereocenters. The Morgan fingerprint density at radius 1 is 1.04 bits per heavy atom. The van der Waals surface area contributed by atoms with Crippen LogP contribution in [0.5, 0.6) is 0 Å². The number of pyridine rings is 1. The first-order valence-electron chi connectivity index (χ1n) is 9.50. The lowest BCUT2D eigenvalue weighted by atomic mass is 9.70. The zero-order chi connectivity index (χ0) is 17.7.